The number of carbonyl (C=O) groups is 2. The second kappa shape index (κ2) is 9.93. The first-order valence-corrected chi connectivity index (χ1v) is 12.9. The van der Waals surface area contributed by atoms with Crippen LogP contribution in [0.3, 0.4) is 0 Å². The van der Waals surface area contributed by atoms with Crippen molar-refractivity contribution in [1.82, 2.24) is 9.62 Å². The SMILES string of the molecule is CCS(=O)(=O)N1CCC[C@@H](C(=O)N2C[C@H](C(=O)NCc3ccccc3)Oc3ccccc32)C1. The van der Waals surface area contributed by atoms with Gasteiger partial charge in [-0.2, -0.15) is 0 Å². The summed E-state index contributed by atoms with van der Waals surface area (Å²) in [5, 5.41) is 2.88. The third-order valence-corrected chi connectivity index (χ3v) is 7.98. The van der Waals surface area contributed by atoms with Crippen molar-refractivity contribution in [2.75, 3.05) is 30.3 Å². The van der Waals surface area contributed by atoms with Gasteiger partial charge in [-0.25, -0.2) is 12.7 Å². The Balaban J connectivity index is 1.50. The molecule has 0 spiro atoms. The Kier molecular flexibility index (Phi) is 6.99. The molecule has 8 nitrogen and oxygen atoms in total. The Morgan fingerprint density at radius 2 is 1.79 bits per heavy atom. The van der Waals surface area contributed by atoms with E-state index in [0.717, 1.165) is 5.56 Å². The van der Waals surface area contributed by atoms with Crippen LogP contribution < -0.4 is 15.0 Å². The van der Waals surface area contributed by atoms with Gasteiger partial charge in [0.2, 0.25) is 15.9 Å². The Bertz CT molecular complexity index is 1110. The van der Waals surface area contributed by atoms with E-state index >= 15 is 0 Å². The summed E-state index contributed by atoms with van der Waals surface area (Å²) in [5.74, 6) is -0.463. The number of carbonyl (C=O) groups excluding carboxylic acids is 2. The zero-order valence-corrected chi connectivity index (χ0v) is 19.5. The van der Waals surface area contributed by atoms with Gasteiger partial charge in [-0.05, 0) is 37.5 Å². The smallest absolute Gasteiger partial charge is 0.263 e. The van der Waals surface area contributed by atoms with E-state index in [4.69, 9.17) is 4.74 Å². The molecule has 33 heavy (non-hydrogen) atoms. The molecule has 2 heterocycles. The van der Waals surface area contributed by atoms with Crippen LogP contribution in [-0.2, 0) is 26.2 Å². The molecule has 0 radical (unpaired) electrons. The number of rotatable bonds is 6. The molecule has 9 heteroatoms. The van der Waals surface area contributed by atoms with Gasteiger partial charge in [-0.1, -0.05) is 42.5 Å². The van der Waals surface area contributed by atoms with E-state index in [1.807, 2.05) is 36.4 Å². The quantitative estimate of drug-likeness (QED) is 0.697. The second-order valence-corrected chi connectivity index (χ2v) is 10.6. The Hall–Kier alpha value is -2.91. The number of fused-ring (bicyclic) bond motifs is 1. The van der Waals surface area contributed by atoms with Gasteiger partial charge in [0.1, 0.15) is 5.75 Å². The number of piperidine rings is 1. The predicted octanol–water partition coefficient (Wildman–Crippen LogP) is 2.16. The molecule has 1 saturated heterocycles. The van der Waals surface area contributed by atoms with Crippen LogP contribution >= 0.6 is 0 Å². The Morgan fingerprint density at radius 1 is 1.06 bits per heavy atom. The summed E-state index contributed by atoms with van der Waals surface area (Å²) < 4.78 is 32.1. The lowest BCUT2D eigenvalue weighted by atomic mass is 9.97. The lowest BCUT2D eigenvalue weighted by Crippen LogP contribution is -2.54. The lowest BCUT2D eigenvalue weighted by molar-refractivity contribution is -0.129. The fraction of sp³-hybridized carbons (Fsp3) is 0.417. The molecule has 0 saturated carbocycles. The van der Waals surface area contributed by atoms with Crippen molar-refractivity contribution in [3.05, 3.63) is 60.2 Å². The molecular weight excluding hydrogens is 442 g/mol. The summed E-state index contributed by atoms with van der Waals surface area (Å²) in [4.78, 5) is 28.0. The highest BCUT2D eigenvalue weighted by Crippen LogP contribution is 2.35. The molecule has 2 atom stereocenters. The van der Waals surface area contributed by atoms with E-state index < -0.39 is 22.0 Å². The van der Waals surface area contributed by atoms with Crippen molar-refractivity contribution in [1.29, 1.82) is 0 Å². The number of ether oxygens (including phenoxy) is 1. The Labute approximate surface area is 194 Å². The third kappa shape index (κ3) is 5.20. The number of para-hydroxylation sites is 2. The number of hydrogen-bond acceptors (Lipinski definition) is 5. The molecule has 1 N–H and O–H groups in total. The van der Waals surface area contributed by atoms with Crippen LogP contribution in [0.2, 0.25) is 0 Å². The summed E-state index contributed by atoms with van der Waals surface area (Å²) in [6.45, 7) is 2.65. The number of nitrogens with one attached hydrogen (secondary N) is 1. The molecule has 1 fully saturated rings. The molecule has 176 valence electrons. The number of amides is 2. The zero-order chi connectivity index (χ0) is 23.4. The van der Waals surface area contributed by atoms with Gasteiger partial charge in [0, 0.05) is 19.6 Å². The van der Waals surface area contributed by atoms with E-state index in [2.05, 4.69) is 5.32 Å². The highest BCUT2D eigenvalue weighted by Gasteiger charge is 2.39. The first-order valence-electron chi connectivity index (χ1n) is 11.3. The summed E-state index contributed by atoms with van der Waals surface area (Å²) in [7, 11) is -3.36. The highest BCUT2D eigenvalue weighted by molar-refractivity contribution is 7.89. The highest BCUT2D eigenvalue weighted by atomic mass is 32.2. The average molecular weight is 472 g/mol. The van der Waals surface area contributed by atoms with Crippen molar-refractivity contribution in [3.63, 3.8) is 0 Å². The van der Waals surface area contributed by atoms with E-state index in [1.54, 1.807) is 30.0 Å². The topological polar surface area (TPSA) is 96.0 Å². The van der Waals surface area contributed by atoms with Crippen molar-refractivity contribution in [2.45, 2.75) is 32.4 Å². The van der Waals surface area contributed by atoms with Gasteiger partial charge in [-0.15, -0.1) is 0 Å². The molecule has 0 unspecified atom stereocenters. The largest absolute Gasteiger partial charge is 0.477 e. The van der Waals surface area contributed by atoms with Crippen LogP contribution in [0.15, 0.2) is 54.6 Å². The minimum absolute atomic E-state index is 0.0119. The number of nitrogens with zero attached hydrogens (tertiary/aromatic N) is 2. The van der Waals surface area contributed by atoms with E-state index in [-0.39, 0.29) is 30.7 Å². The van der Waals surface area contributed by atoms with E-state index in [1.165, 1.54) is 4.31 Å². The second-order valence-electron chi connectivity index (χ2n) is 8.32. The van der Waals surface area contributed by atoms with Crippen molar-refractivity contribution in [3.8, 4) is 5.75 Å². The molecule has 0 aliphatic carbocycles. The van der Waals surface area contributed by atoms with E-state index in [9.17, 15) is 18.0 Å². The molecule has 4 rings (SSSR count). The van der Waals surface area contributed by atoms with Crippen LogP contribution in [0.5, 0.6) is 5.75 Å². The van der Waals surface area contributed by atoms with Gasteiger partial charge in [0.05, 0.1) is 23.9 Å². The van der Waals surface area contributed by atoms with Gasteiger partial charge in [0.25, 0.3) is 5.91 Å². The third-order valence-electron chi connectivity index (χ3n) is 6.13. The van der Waals surface area contributed by atoms with Crippen LogP contribution in [0.25, 0.3) is 0 Å². The zero-order valence-electron chi connectivity index (χ0n) is 18.6. The first-order chi connectivity index (χ1) is 15.9. The van der Waals surface area contributed by atoms with Crippen LogP contribution in [0, 0.1) is 5.92 Å². The lowest BCUT2D eigenvalue weighted by Gasteiger charge is -2.38. The number of hydrogen-bond donors (Lipinski definition) is 1. The minimum atomic E-state index is -3.36. The Morgan fingerprint density at radius 3 is 2.55 bits per heavy atom. The van der Waals surface area contributed by atoms with Crippen LogP contribution in [0.1, 0.15) is 25.3 Å². The van der Waals surface area contributed by atoms with Crippen LogP contribution in [0.4, 0.5) is 5.69 Å². The fourth-order valence-electron chi connectivity index (χ4n) is 4.28. The molecule has 2 amide bonds. The maximum absolute atomic E-state index is 13.5. The summed E-state index contributed by atoms with van der Waals surface area (Å²) in [6.07, 6.45) is 0.383. The van der Waals surface area contributed by atoms with Gasteiger partial charge in [-0.3, -0.25) is 9.59 Å². The molecule has 0 aromatic heterocycles. The number of benzene rings is 2. The number of anilines is 1. The molecule has 0 bridgehead atoms. The van der Waals surface area contributed by atoms with E-state index in [0.29, 0.717) is 37.4 Å². The summed E-state index contributed by atoms with van der Waals surface area (Å²) in [6, 6.07) is 16.7. The standard InChI is InChI=1S/C24H29N3O5S/c1-2-33(30,31)26-14-8-11-19(16-26)24(29)27-17-22(32-21-13-7-6-12-20(21)27)23(28)25-15-18-9-4-3-5-10-18/h3-7,9-10,12-13,19,22H,2,8,11,14-17H2,1H3,(H,25,28)/t19-,22-/m1/s1. The first kappa shape index (κ1) is 23.3. The average Bonchev–Trinajstić information content (AvgIpc) is 2.86. The number of sulfonamides is 1. The normalized spacial score (nSPS) is 21.1. The maximum Gasteiger partial charge on any atom is 0.263 e. The molecular formula is C24H29N3O5S. The molecule has 2 aliphatic heterocycles. The predicted molar refractivity (Wildman–Crippen MR) is 125 cm³/mol. The monoisotopic (exact) mass is 471 g/mol. The van der Waals surface area contributed by atoms with Gasteiger partial charge in [0.15, 0.2) is 6.10 Å². The molecule has 2 aromatic carbocycles. The maximum atomic E-state index is 13.5. The molecule has 2 aromatic rings. The van der Waals surface area contributed by atoms with Gasteiger partial charge < -0.3 is 15.0 Å². The molecule has 2 aliphatic rings. The van der Waals surface area contributed by atoms with Gasteiger partial charge >= 0.3 is 0 Å². The fourth-order valence-corrected chi connectivity index (χ4v) is 5.46. The summed E-state index contributed by atoms with van der Waals surface area (Å²) in [5.41, 5.74) is 1.57. The van der Waals surface area contributed by atoms with Crippen molar-refractivity contribution < 1.29 is 22.7 Å². The summed E-state index contributed by atoms with van der Waals surface area (Å²) >= 11 is 0. The van der Waals surface area contributed by atoms with Crippen molar-refractivity contribution in [2.24, 2.45) is 5.92 Å². The minimum Gasteiger partial charge on any atom is -0.477 e. The van der Waals surface area contributed by atoms with Crippen LogP contribution in [-0.4, -0.2) is 56.0 Å². The van der Waals surface area contributed by atoms with Crippen molar-refractivity contribution >= 4 is 27.5 Å².